The lowest BCUT2D eigenvalue weighted by Crippen LogP contribution is -1.92. The van der Waals surface area contributed by atoms with Crippen molar-refractivity contribution in [2.45, 2.75) is 0 Å². The summed E-state index contributed by atoms with van der Waals surface area (Å²) < 4.78 is 5.45. The minimum absolute atomic E-state index is 0.163. The number of halogens is 2. The summed E-state index contributed by atoms with van der Waals surface area (Å²) in [6.45, 7) is 0. The molecule has 0 fully saturated rings. The van der Waals surface area contributed by atoms with Gasteiger partial charge in [0.15, 0.2) is 0 Å². The van der Waals surface area contributed by atoms with E-state index in [2.05, 4.69) is 9.97 Å². The zero-order valence-corrected chi connectivity index (χ0v) is 13.3. The van der Waals surface area contributed by atoms with Gasteiger partial charge in [0.1, 0.15) is 5.75 Å². The van der Waals surface area contributed by atoms with Crippen molar-refractivity contribution in [2.24, 2.45) is 0 Å². The second-order valence-corrected chi connectivity index (χ2v) is 5.36. The molecule has 0 amide bonds. The Labute approximate surface area is 138 Å². The third-order valence-corrected chi connectivity index (χ3v) is 3.73. The summed E-state index contributed by atoms with van der Waals surface area (Å²) in [5.74, 6) is 0.784. The largest absolute Gasteiger partial charge is 0.496 e. The van der Waals surface area contributed by atoms with E-state index in [1.165, 1.54) is 6.20 Å². The Hall–Kier alpha value is -2.10. The van der Waals surface area contributed by atoms with Crippen LogP contribution in [-0.2, 0) is 0 Å². The molecule has 22 heavy (non-hydrogen) atoms. The minimum Gasteiger partial charge on any atom is -0.496 e. The van der Waals surface area contributed by atoms with Gasteiger partial charge < -0.3 is 4.74 Å². The van der Waals surface area contributed by atoms with Crippen molar-refractivity contribution in [1.82, 2.24) is 9.97 Å². The molecule has 3 nitrogen and oxygen atoms in total. The molecule has 110 valence electrons. The van der Waals surface area contributed by atoms with Crippen molar-refractivity contribution in [3.8, 4) is 28.1 Å². The fourth-order valence-electron chi connectivity index (χ4n) is 2.25. The van der Waals surface area contributed by atoms with Crippen LogP contribution in [0.2, 0.25) is 10.3 Å². The third kappa shape index (κ3) is 2.91. The summed E-state index contributed by atoms with van der Waals surface area (Å²) in [5.41, 5.74) is 3.47. The molecule has 0 aliphatic rings. The van der Waals surface area contributed by atoms with Gasteiger partial charge in [-0.3, -0.25) is 0 Å². The number of rotatable bonds is 3. The Morgan fingerprint density at radius 3 is 2.45 bits per heavy atom. The zero-order chi connectivity index (χ0) is 15.5. The summed E-state index contributed by atoms with van der Waals surface area (Å²) >= 11 is 12.1. The van der Waals surface area contributed by atoms with Crippen molar-refractivity contribution >= 4 is 23.2 Å². The highest BCUT2D eigenvalue weighted by molar-refractivity contribution is 6.33. The van der Waals surface area contributed by atoms with Crippen LogP contribution in [0.5, 0.6) is 5.75 Å². The van der Waals surface area contributed by atoms with Gasteiger partial charge in [-0.05, 0) is 35.4 Å². The van der Waals surface area contributed by atoms with Crippen molar-refractivity contribution in [1.29, 1.82) is 0 Å². The highest BCUT2D eigenvalue weighted by Crippen LogP contribution is 2.35. The van der Waals surface area contributed by atoms with Crippen LogP contribution in [0.4, 0.5) is 0 Å². The molecule has 1 aromatic heterocycles. The summed E-state index contributed by atoms with van der Waals surface area (Å²) in [6.07, 6.45) is 1.50. The van der Waals surface area contributed by atoms with Crippen molar-refractivity contribution in [3.05, 3.63) is 65.0 Å². The van der Waals surface area contributed by atoms with Crippen LogP contribution in [0.25, 0.3) is 22.4 Å². The molecule has 0 saturated carbocycles. The maximum absolute atomic E-state index is 6.19. The number of hydrogen-bond acceptors (Lipinski definition) is 3. The first-order valence-electron chi connectivity index (χ1n) is 6.61. The van der Waals surface area contributed by atoms with Gasteiger partial charge in [-0.25, -0.2) is 9.97 Å². The van der Waals surface area contributed by atoms with Gasteiger partial charge in [0.05, 0.1) is 24.0 Å². The molecule has 0 N–H and O–H groups in total. The van der Waals surface area contributed by atoms with E-state index in [1.54, 1.807) is 7.11 Å². The van der Waals surface area contributed by atoms with Crippen LogP contribution >= 0.6 is 23.2 Å². The normalized spacial score (nSPS) is 10.5. The topological polar surface area (TPSA) is 35.0 Å². The van der Waals surface area contributed by atoms with Crippen LogP contribution in [0, 0.1) is 0 Å². The lowest BCUT2D eigenvalue weighted by atomic mass is 10.0. The molecule has 0 spiro atoms. The molecule has 0 aliphatic heterocycles. The van der Waals surface area contributed by atoms with Crippen molar-refractivity contribution in [2.75, 3.05) is 7.11 Å². The number of aromatic nitrogens is 2. The van der Waals surface area contributed by atoms with E-state index in [1.807, 2.05) is 48.5 Å². The number of hydrogen-bond donors (Lipinski definition) is 0. The Kier molecular flexibility index (Phi) is 4.27. The first-order valence-corrected chi connectivity index (χ1v) is 7.36. The lowest BCUT2D eigenvalue weighted by molar-refractivity contribution is 0.416. The number of nitrogens with zero attached hydrogens (tertiary/aromatic N) is 2. The van der Waals surface area contributed by atoms with Gasteiger partial charge in [0.25, 0.3) is 0 Å². The predicted octanol–water partition coefficient (Wildman–Crippen LogP) is 5.13. The number of methoxy groups -OCH3 is 1. The van der Waals surface area contributed by atoms with E-state index in [0.717, 1.165) is 22.4 Å². The van der Waals surface area contributed by atoms with Crippen molar-refractivity contribution in [3.63, 3.8) is 0 Å². The molecule has 0 aliphatic carbocycles. The summed E-state index contributed by atoms with van der Waals surface area (Å²) in [4.78, 5) is 8.09. The van der Waals surface area contributed by atoms with Crippen LogP contribution in [0.15, 0.2) is 54.7 Å². The van der Waals surface area contributed by atoms with E-state index < -0.39 is 0 Å². The fraction of sp³-hybridized carbons (Fsp3) is 0.0588. The molecule has 0 atom stereocenters. The Bertz CT molecular complexity index is 807. The van der Waals surface area contributed by atoms with Crippen LogP contribution in [0.1, 0.15) is 0 Å². The lowest BCUT2D eigenvalue weighted by Gasteiger charge is -2.11. The minimum atomic E-state index is 0.163. The van der Waals surface area contributed by atoms with Crippen LogP contribution in [0.3, 0.4) is 0 Å². The summed E-state index contributed by atoms with van der Waals surface area (Å²) in [6, 6.07) is 15.8. The molecule has 5 heteroatoms. The van der Waals surface area contributed by atoms with Crippen LogP contribution < -0.4 is 4.74 Å². The Morgan fingerprint density at radius 1 is 0.955 bits per heavy atom. The van der Waals surface area contributed by atoms with Gasteiger partial charge in [0, 0.05) is 11.1 Å². The molecule has 3 aromatic rings. The summed E-state index contributed by atoms with van der Waals surface area (Å²) in [5, 5.41) is 0.616. The first kappa shape index (κ1) is 14.8. The molecule has 2 aromatic carbocycles. The smallest absolute Gasteiger partial charge is 0.222 e. The second-order valence-electron chi connectivity index (χ2n) is 4.62. The fourth-order valence-corrected chi connectivity index (χ4v) is 2.58. The van der Waals surface area contributed by atoms with E-state index in [0.29, 0.717) is 10.7 Å². The molecule has 0 bridgehead atoms. The predicted molar refractivity (Wildman–Crippen MR) is 89.5 cm³/mol. The highest BCUT2D eigenvalue weighted by atomic mass is 35.5. The summed E-state index contributed by atoms with van der Waals surface area (Å²) in [7, 11) is 1.65. The van der Waals surface area contributed by atoms with Gasteiger partial charge in [-0.2, -0.15) is 0 Å². The van der Waals surface area contributed by atoms with E-state index in [4.69, 9.17) is 27.9 Å². The third-order valence-electron chi connectivity index (χ3n) is 3.27. The number of ether oxygens (including phenoxy) is 1. The molecule has 1 heterocycles. The Morgan fingerprint density at radius 2 is 1.73 bits per heavy atom. The van der Waals surface area contributed by atoms with Crippen molar-refractivity contribution < 1.29 is 4.74 Å². The van der Waals surface area contributed by atoms with E-state index in [-0.39, 0.29) is 5.28 Å². The molecular formula is C17H12Cl2N2O. The van der Waals surface area contributed by atoms with E-state index in [9.17, 15) is 0 Å². The van der Waals surface area contributed by atoms with Gasteiger partial charge in [-0.1, -0.05) is 41.9 Å². The maximum Gasteiger partial charge on any atom is 0.222 e. The average Bonchev–Trinajstić information content (AvgIpc) is 2.57. The SMILES string of the molecule is COc1ccc(-c2nc(Cl)ncc2Cl)cc1-c1ccccc1. The average molecular weight is 331 g/mol. The standard InChI is InChI=1S/C17H12Cl2N2O/c1-22-15-8-7-12(16-14(18)10-20-17(19)21-16)9-13(15)11-5-3-2-4-6-11/h2-10H,1H3. The van der Waals surface area contributed by atoms with Gasteiger partial charge >= 0.3 is 0 Å². The van der Waals surface area contributed by atoms with Gasteiger partial charge in [-0.15, -0.1) is 0 Å². The molecule has 0 unspecified atom stereocenters. The Balaban J connectivity index is 2.17. The molecular weight excluding hydrogens is 319 g/mol. The zero-order valence-electron chi connectivity index (χ0n) is 11.8. The highest BCUT2D eigenvalue weighted by Gasteiger charge is 2.12. The molecule has 0 saturated heterocycles. The molecule has 0 radical (unpaired) electrons. The number of benzene rings is 2. The maximum atomic E-state index is 6.19. The quantitative estimate of drug-likeness (QED) is 0.624. The van der Waals surface area contributed by atoms with Crippen LogP contribution in [-0.4, -0.2) is 17.1 Å². The molecule has 3 rings (SSSR count). The van der Waals surface area contributed by atoms with Gasteiger partial charge in [0.2, 0.25) is 5.28 Å². The second kappa shape index (κ2) is 6.34. The first-order chi connectivity index (χ1) is 10.7. The monoisotopic (exact) mass is 330 g/mol. The van der Waals surface area contributed by atoms with E-state index >= 15 is 0 Å².